The van der Waals surface area contributed by atoms with Gasteiger partial charge < -0.3 is 0 Å². The van der Waals surface area contributed by atoms with E-state index in [1.807, 2.05) is 18.2 Å². The number of aromatic amines is 1. The van der Waals surface area contributed by atoms with E-state index < -0.39 is 0 Å². The predicted octanol–water partition coefficient (Wildman–Crippen LogP) is 4.64. The number of nitrogens with one attached hydrogen (secondary N) is 1. The fraction of sp³-hybridized carbons (Fsp3) is 0.348. The number of rotatable bonds is 8. The third-order valence-corrected chi connectivity index (χ3v) is 5.41. The van der Waals surface area contributed by atoms with Crippen LogP contribution >= 0.6 is 0 Å². The number of aromatic nitrogens is 7. The zero-order valence-electron chi connectivity index (χ0n) is 17.7. The number of tetrazole rings is 1. The smallest absolute Gasteiger partial charge is 0.180 e. The minimum atomic E-state index is 0.381. The molecule has 0 aliphatic heterocycles. The SMILES string of the molecule is CCCn1nc(C(C)CC)nc1Cc1ccc(-c2ccccc2-c2nnn[nH]2)cc1. The van der Waals surface area contributed by atoms with Crippen LogP contribution < -0.4 is 0 Å². The van der Waals surface area contributed by atoms with E-state index in [1.54, 1.807) is 0 Å². The Morgan fingerprint density at radius 1 is 1.00 bits per heavy atom. The van der Waals surface area contributed by atoms with Gasteiger partial charge in [0.15, 0.2) is 11.6 Å². The zero-order valence-corrected chi connectivity index (χ0v) is 17.7. The number of aryl methyl sites for hydroxylation is 1. The number of hydrogen-bond acceptors (Lipinski definition) is 5. The highest BCUT2D eigenvalue weighted by Crippen LogP contribution is 2.30. The summed E-state index contributed by atoms with van der Waals surface area (Å²) in [7, 11) is 0. The molecule has 2 aromatic heterocycles. The molecule has 7 nitrogen and oxygen atoms in total. The highest BCUT2D eigenvalue weighted by molar-refractivity contribution is 5.80. The van der Waals surface area contributed by atoms with Crippen LogP contribution in [0.25, 0.3) is 22.5 Å². The van der Waals surface area contributed by atoms with Crippen LogP contribution in [0.3, 0.4) is 0 Å². The average Bonchev–Trinajstić information content (AvgIpc) is 3.45. The molecular formula is C23H27N7. The Morgan fingerprint density at radius 2 is 1.77 bits per heavy atom. The first-order valence-corrected chi connectivity index (χ1v) is 10.6. The van der Waals surface area contributed by atoms with Crippen LogP contribution in [0.1, 0.15) is 56.7 Å². The van der Waals surface area contributed by atoms with Crippen LogP contribution in [0.2, 0.25) is 0 Å². The first-order chi connectivity index (χ1) is 14.7. The van der Waals surface area contributed by atoms with Crippen molar-refractivity contribution in [2.24, 2.45) is 0 Å². The van der Waals surface area contributed by atoms with Gasteiger partial charge in [-0.15, -0.1) is 5.10 Å². The molecule has 0 saturated carbocycles. The molecule has 7 heteroatoms. The minimum absolute atomic E-state index is 0.381. The number of nitrogens with zero attached hydrogens (tertiary/aromatic N) is 6. The molecule has 2 aromatic carbocycles. The molecule has 1 unspecified atom stereocenters. The van der Waals surface area contributed by atoms with E-state index in [-0.39, 0.29) is 0 Å². The summed E-state index contributed by atoms with van der Waals surface area (Å²) in [4.78, 5) is 4.85. The molecule has 2 heterocycles. The maximum Gasteiger partial charge on any atom is 0.180 e. The highest BCUT2D eigenvalue weighted by Gasteiger charge is 2.15. The summed E-state index contributed by atoms with van der Waals surface area (Å²) in [5.74, 6) is 3.03. The first-order valence-electron chi connectivity index (χ1n) is 10.6. The third-order valence-electron chi connectivity index (χ3n) is 5.41. The molecule has 1 N–H and O–H groups in total. The maximum absolute atomic E-state index is 4.85. The van der Waals surface area contributed by atoms with Crippen LogP contribution in [0, 0.1) is 0 Å². The van der Waals surface area contributed by atoms with Crippen LogP contribution in [0.4, 0.5) is 0 Å². The number of benzene rings is 2. The number of H-pyrrole nitrogens is 1. The van der Waals surface area contributed by atoms with E-state index >= 15 is 0 Å². The van der Waals surface area contributed by atoms with Crippen molar-refractivity contribution in [3.8, 4) is 22.5 Å². The van der Waals surface area contributed by atoms with Crippen LogP contribution in [0.15, 0.2) is 48.5 Å². The molecule has 0 spiro atoms. The second-order valence-corrected chi connectivity index (χ2v) is 7.59. The van der Waals surface area contributed by atoms with Crippen molar-refractivity contribution in [1.82, 2.24) is 35.4 Å². The van der Waals surface area contributed by atoms with Crippen LogP contribution in [0.5, 0.6) is 0 Å². The second kappa shape index (κ2) is 8.98. The van der Waals surface area contributed by atoms with Crippen LogP contribution in [-0.4, -0.2) is 35.4 Å². The van der Waals surface area contributed by atoms with Gasteiger partial charge in [-0.3, -0.25) is 0 Å². The standard InChI is InChI=1S/C23H27N7/c1-4-14-30-21(24-22(27-30)16(3)5-2)15-17-10-12-18(13-11-17)19-8-6-7-9-20(19)23-25-28-29-26-23/h6-13,16H,4-5,14-15H2,1-3H3,(H,25,26,28,29). The van der Waals surface area contributed by atoms with Gasteiger partial charge >= 0.3 is 0 Å². The lowest BCUT2D eigenvalue weighted by Crippen LogP contribution is -2.06. The molecule has 4 rings (SSSR count). The molecule has 0 aliphatic carbocycles. The molecule has 0 bridgehead atoms. The lowest BCUT2D eigenvalue weighted by molar-refractivity contribution is 0.562. The van der Waals surface area contributed by atoms with Crippen molar-refractivity contribution >= 4 is 0 Å². The lowest BCUT2D eigenvalue weighted by Gasteiger charge is -2.09. The molecule has 154 valence electrons. The van der Waals surface area contributed by atoms with E-state index in [4.69, 9.17) is 10.1 Å². The van der Waals surface area contributed by atoms with Crippen molar-refractivity contribution in [2.75, 3.05) is 0 Å². The monoisotopic (exact) mass is 401 g/mol. The first kappa shape index (κ1) is 19.9. The quantitative estimate of drug-likeness (QED) is 0.465. The zero-order chi connectivity index (χ0) is 20.9. The molecule has 0 fully saturated rings. The van der Waals surface area contributed by atoms with Crippen molar-refractivity contribution < 1.29 is 0 Å². The maximum atomic E-state index is 4.85. The van der Waals surface area contributed by atoms with Gasteiger partial charge in [-0.1, -0.05) is 69.3 Å². The molecule has 0 saturated heterocycles. The van der Waals surface area contributed by atoms with Gasteiger partial charge in [0.05, 0.1) is 0 Å². The van der Waals surface area contributed by atoms with Gasteiger partial charge in [0.1, 0.15) is 5.82 Å². The largest absolute Gasteiger partial charge is 0.249 e. The van der Waals surface area contributed by atoms with E-state index in [0.29, 0.717) is 11.7 Å². The Labute approximate surface area is 176 Å². The third kappa shape index (κ3) is 4.15. The molecule has 30 heavy (non-hydrogen) atoms. The summed E-state index contributed by atoms with van der Waals surface area (Å²) in [5, 5.41) is 19.1. The van der Waals surface area contributed by atoms with Gasteiger partial charge in [-0.05, 0) is 40.0 Å². The summed E-state index contributed by atoms with van der Waals surface area (Å²) >= 11 is 0. The Kier molecular flexibility index (Phi) is 5.97. The van der Waals surface area contributed by atoms with Gasteiger partial charge in [-0.25, -0.2) is 14.8 Å². The summed E-state index contributed by atoms with van der Waals surface area (Å²) in [6.45, 7) is 7.43. The van der Waals surface area contributed by atoms with Gasteiger partial charge in [0.25, 0.3) is 0 Å². The summed E-state index contributed by atoms with van der Waals surface area (Å²) in [6, 6.07) is 16.8. The fourth-order valence-electron chi connectivity index (χ4n) is 3.51. The van der Waals surface area contributed by atoms with Gasteiger partial charge in [0.2, 0.25) is 0 Å². The Balaban J connectivity index is 1.59. The van der Waals surface area contributed by atoms with Gasteiger partial charge in [0, 0.05) is 24.4 Å². The lowest BCUT2D eigenvalue weighted by atomic mass is 9.98. The van der Waals surface area contributed by atoms with E-state index in [1.165, 1.54) is 5.56 Å². The van der Waals surface area contributed by atoms with Crippen molar-refractivity contribution in [3.05, 3.63) is 65.7 Å². The summed E-state index contributed by atoms with van der Waals surface area (Å²) in [5.41, 5.74) is 4.42. The average molecular weight is 402 g/mol. The highest BCUT2D eigenvalue weighted by atomic mass is 15.5. The molecule has 0 amide bonds. The molecule has 1 atom stereocenters. The predicted molar refractivity (Wildman–Crippen MR) is 117 cm³/mol. The van der Waals surface area contributed by atoms with Crippen molar-refractivity contribution in [1.29, 1.82) is 0 Å². The van der Waals surface area contributed by atoms with Crippen molar-refractivity contribution in [2.45, 2.75) is 52.5 Å². The number of hydrogen-bond donors (Lipinski definition) is 1. The van der Waals surface area contributed by atoms with Crippen LogP contribution in [-0.2, 0) is 13.0 Å². The fourth-order valence-corrected chi connectivity index (χ4v) is 3.51. The molecular weight excluding hydrogens is 374 g/mol. The molecule has 4 aromatic rings. The molecule has 0 radical (unpaired) electrons. The Morgan fingerprint density at radius 3 is 2.43 bits per heavy atom. The van der Waals surface area contributed by atoms with E-state index in [9.17, 15) is 0 Å². The summed E-state index contributed by atoms with van der Waals surface area (Å²) in [6.07, 6.45) is 2.87. The normalized spacial score (nSPS) is 12.2. The second-order valence-electron chi connectivity index (χ2n) is 7.59. The van der Waals surface area contributed by atoms with E-state index in [2.05, 4.69) is 76.4 Å². The van der Waals surface area contributed by atoms with Crippen molar-refractivity contribution in [3.63, 3.8) is 0 Å². The summed E-state index contributed by atoms with van der Waals surface area (Å²) < 4.78 is 2.07. The molecule has 0 aliphatic rings. The minimum Gasteiger partial charge on any atom is -0.249 e. The topological polar surface area (TPSA) is 85.2 Å². The van der Waals surface area contributed by atoms with E-state index in [0.717, 1.165) is 54.1 Å². The Hall–Kier alpha value is -3.35. The Bertz CT molecular complexity index is 1080. The van der Waals surface area contributed by atoms with Gasteiger partial charge in [-0.2, -0.15) is 5.10 Å².